The van der Waals surface area contributed by atoms with Crippen LogP contribution in [-0.2, 0) is 39.5 Å². The van der Waals surface area contributed by atoms with E-state index in [0.29, 0.717) is 46.7 Å². The number of pyridine rings is 3. The number of nitrogen functional groups attached to an aromatic ring is 1. The van der Waals surface area contributed by atoms with E-state index in [9.17, 15) is 27.9 Å². The standard InChI is InChI=1S/C22H21N5O4.C2HF3O2/c1-3-10-11-5-15(19(23)24)25-7-16(11)26-18-12(10)8-27-17(18)6-14-13(20(27)28)9-31-21(29)22(14,30)4-2;3-2(4,5)1(6)7/h5-7,30H,3-4,8-9H2,1-2H3,(H3,23,24);(H,6,7)/t22-;/m0./s1. The molecule has 14 heteroatoms. The van der Waals surface area contributed by atoms with Gasteiger partial charge < -0.3 is 25.3 Å². The number of amidine groups is 1. The number of ether oxygens (including phenoxy) is 1. The fourth-order valence-corrected chi connectivity index (χ4v) is 4.62. The minimum Gasteiger partial charge on any atom is -0.475 e. The summed E-state index contributed by atoms with van der Waals surface area (Å²) in [7, 11) is 0. The van der Waals surface area contributed by atoms with Crippen LogP contribution in [0.25, 0.3) is 22.3 Å². The van der Waals surface area contributed by atoms with Crippen molar-refractivity contribution in [2.45, 2.75) is 51.6 Å². The van der Waals surface area contributed by atoms with E-state index in [0.717, 1.165) is 16.5 Å². The van der Waals surface area contributed by atoms with Gasteiger partial charge in [0.25, 0.3) is 5.56 Å². The summed E-state index contributed by atoms with van der Waals surface area (Å²) in [5, 5.41) is 26.6. The molecular formula is C24H22F3N5O6. The van der Waals surface area contributed by atoms with Crippen molar-refractivity contribution >= 4 is 28.7 Å². The Morgan fingerprint density at radius 1 is 1.26 bits per heavy atom. The molecule has 2 aliphatic heterocycles. The van der Waals surface area contributed by atoms with Gasteiger partial charge in [-0.3, -0.25) is 15.2 Å². The van der Waals surface area contributed by atoms with E-state index in [1.54, 1.807) is 29.8 Å². The second-order valence-corrected chi connectivity index (χ2v) is 8.68. The maximum absolute atomic E-state index is 13.3. The molecule has 38 heavy (non-hydrogen) atoms. The smallest absolute Gasteiger partial charge is 0.475 e. The fraction of sp³-hybridized carbons (Fsp3) is 0.333. The Labute approximate surface area is 212 Å². The average molecular weight is 533 g/mol. The maximum Gasteiger partial charge on any atom is 0.490 e. The number of carbonyl (C=O) groups excluding carboxylic acids is 1. The molecule has 0 radical (unpaired) electrons. The van der Waals surface area contributed by atoms with Crippen LogP contribution in [0.15, 0.2) is 23.1 Å². The first-order valence-corrected chi connectivity index (χ1v) is 11.4. The van der Waals surface area contributed by atoms with Crippen molar-refractivity contribution in [3.63, 3.8) is 0 Å². The molecule has 200 valence electrons. The lowest BCUT2D eigenvalue weighted by atomic mass is 9.86. The van der Waals surface area contributed by atoms with Gasteiger partial charge >= 0.3 is 18.1 Å². The molecule has 0 unspecified atom stereocenters. The van der Waals surface area contributed by atoms with Gasteiger partial charge in [-0.2, -0.15) is 13.2 Å². The van der Waals surface area contributed by atoms with Crippen LogP contribution in [0, 0.1) is 5.41 Å². The number of nitrogens with two attached hydrogens (primary N) is 1. The summed E-state index contributed by atoms with van der Waals surface area (Å²) in [4.78, 5) is 43.5. The summed E-state index contributed by atoms with van der Waals surface area (Å²) >= 11 is 0. The zero-order valence-electron chi connectivity index (χ0n) is 20.1. The number of aryl methyl sites for hydroxylation is 1. The molecule has 1 atom stereocenters. The van der Waals surface area contributed by atoms with E-state index >= 15 is 0 Å². The Hall–Kier alpha value is -4.33. The zero-order valence-corrected chi connectivity index (χ0v) is 20.1. The molecule has 11 nitrogen and oxygen atoms in total. The Morgan fingerprint density at radius 3 is 2.47 bits per heavy atom. The second-order valence-electron chi connectivity index (χ2n) is 8.68. The molecule has 0 fully saturated rings. The second kappa shape index (κ2) is 9.20. The number of nitrogens with zero attached hydrogens (tertiary/aromatic N) is 3. The largest absolute Gasteiger partial charge is 0.490 e. The van der Waals surface area contributed by atoms with Crippen LogP contribution < -0.4 is 11.3 Å². The van der Waals surface area contributed by atoms with Gasteiger partial charge in [-0.05, 0) is 30.5 Å². The van der Waals surface area contributed by atoms with E-state index < -0.39 is 23.7 Å². The number of carboxylic acids is 1. The molecule has 5 N–H and O–H groups in total. The Bertz CT molecular complexity index is 1580. The van der Waals surface area contributed by atoms with Crippen molar-refractivity contribution in [2.24, 2.45) is 5.73 Å². The zero-order chi connectivity index (χ0) is 28.2. The number of aliphatic carboxylic acids is 1. The number of hydrogen-bond donors (Lipinski definition) is 4. The molecule has 0 spiro atoms. The highest BCUT2D eigenvalue weighted by Crippen LogP contribution is 2.40. The summed E-state index contributed by atoms with van der Waals surface area (Å²) in [5.74, 6) is -3.63. The Balaban J connectivity index is 0.000000426. The number of nitrogens with one attached hydrogen (secondary N) is 1. The number of cyclic esters (lactones) is 1. The van der Waals surface area contributed by atoms with Gasteiger partial charge in [0.1, 0.15) is 18.1 Å². The summed E-state index contributed by atoms with van der Waals surface area (Å²) in [6.07, 6.45) is -2.73. The highest BCUT2D eigenvalue weighted by molar-refractivity contribution is 5.98. The van der Waals surface area contributed by atoms with Gasteiger partial charge in [-0.15, -0.1) is 0 Å². The van der Waals surface area contributed by atoms with Crippen LogP contribution in [0.4, 0.5) is 13.2 Å². The maximum atomic E-state index is 13.3. The summed E-state index contributed by atoms with van der Waals surface area (Å²) in [5.41, 5.74) is 8.16. The predicted octanol–water partition coefficient (Wildman–Crippen LogP) is 1.95. The number of esters is 1. The van der Waals surface area contributed by atoms with E-state index in [1.165, 1.54) is 0 Å². The summed E-state index contributed by atoms with van der Waals surface area (Å²) in [6.45, 7) is 3.86. The highest BCUT2D eigenvalue weighted by atomic mass is 19.4. The van der Waals surface area contributed by atoms with E-state index in [4.69, 9.17) is 30.8 Å². The molecule has 3 aromatic heterocycles. The number of alkyl halides is 3. The lowest BCUT2D eigenvalue weighted by Gasteiger charge is -2.31. The molecule has 0 aliphatic carbocycles. The van der Waals surface area contributed by atoms with Gasteiger partial charge in [0.2, 0.25) is 0 Å². The third kappa shape index (κ3) is 4.16. The molecule has 2 aliphatic rings. The van der Waals surface area contributed by atoms with E-state index in [-0.39, 0.29) is 24.4 Å². The average Bonchev–Trinajstić information content (AvgIpc) is 3.23. The van der Waals surface area contributed by atoms with Crippen LogP contribution in [0.1, 0.15) is 48.2 Å². The van der Waals surface area contributed by atoms with E-state index in [1.807, 2.05) is 6.92 Å². The van der Waals surface area contributed by atoms with Gasteiger partial charge in [0.15, 0.2) is 5.60 Å². The van der Waals surface area contributed by atoms with Crippen molar-refractivity contribution in [3.8, 4) is 11.4 Å². The first-order chi connectivity index (χ1) is 17.7. The lowest BCUT2D eigenvalue weighted by molar-refractivity contribution is -0.192. The van der Waals surface area contributed by atoms with Crippen molar-refractivity contribution in [3.05, 3.63) is 56.6 Å². The Kier molecular flexibility index (Phi) is 6.47. The van der Waals surface area contributed by atoms with Crippen LogP contribution in [0.3, 0.4) is 0 Å². The van der Waals surface area contributed by atoms with Gasteiger partial charge in [-0.1, -0.05) is 13.8 Å². The molecule has 0 aromatic carbocycles. The van der Waals surface area contributed by atoms with Crippen LogP contribution in [0.5, 0.6) is 0 Å². The first-order valence-electron chi connectivity index (χ1n) is 11.4. The number of carbonyl (C=O) groups is 2. The Morgan fingerprint density at radius 2 is 1.92 bits per heavy atom. The first kappa shape index (κ1) is 26.7. The van der Waals surface area contributed by atoms with Crippen LogP contribution >= 0.6 is 0 Å². The number of rotatable bonds is 3. The predicted molar refractivity (Wildman–Crippen MR) is 126 cm³/mol. The third-order valence-electron chi connectivity index (χ3n) is 6.56. The summed E-state index contributed by atoms with van der Waals surface area (Å²) < 4.78 is 38.5. The topological polar surface area (TPSA) is 181 Å². The molecule has 0 amide bonds. The molecule has 3 aromatic rings. The monoisotopic (exact) mass is 533 g/mol. The number of fused-ring (bicyclic) bond motifs is 5. The number of hydrogen-bond acceptors (Lipinski definition) is 8. The minimum absolute atomic E-state index is 0.0949. The van der Waals surface area contributed by atoms with Gasteiger partial charge in [0, 0.05) is 16.5 Å². The molecule has 5 heterocycles. The minimum atomic E-state index is -5.08. The molecule has 0 bridgehead atoms. The van der Waals surface area contributed by atoms with E-state index in [2.05, 4.69) is 4.98 Å². The molecule has 0 saturated heterocycles. The number of carboxylic acid groups (broad SMARTS) is 1. The number of halogens is 3. The van der Waals surface area contributed by atoms with Gasteiger partial charge in [0.05, 0.1) is 35.2 Å². The number of aromatic nitrogens is 3. The fourth-order valence-electron chi connectivity index (χ4n) is 4.62. The molecule has 0 saturated carbocycles. The van der Waals surface area contributed by atoms with Gasteiger partial charge in [-0.25, -0.2) is 14.6 Å². The highest BCUT2D eigenvalue weighted by Gasteiger charge is 2.45. The number of aliphatic hydroxyl groups is 1. The van der Waals surface area contributed by atoms with Crippen molar-refractivity contribution in [1.82, 2.24) is 14.5 Å². The van der Waals surface area contributed by atoms with Crippen molar-refractivity contribution < 1.29 is 37.7 Å². The quantitative estimate of drug-likeness (QED) is 0.174. The van der Waals surface area contributed by atoms with Crippen LogP contribution in [0.2, 0.25) is 0 Å². The lowest BCUT2D eigenvalue weighted by Crippen LogP contribution is -2.44. The SMILES string of the molecule is CCc1c2c(nc3cnc(C(=N)N)cc13)-c1cc3c(c(=O)n1C2)COC(=O)[C@]3(O)CC.O=C(O)C(F)(F)F. The normalized spacial score (nSPS) is 17.6. The molecular weight excluding hydrogens is 511 g/mol. The molecule has 5 rings (SSSR count). The third-order valence-corrected chi connectivity index (χ3v) is 6.56. The van der Waals surface area contributed by atoms with Crippen LogP contribution in [-0.4, -0.2) is 48.7 Å². The summed E-state index contributed by atoms with van der Waals surface area (Å²) in [6, 6.07) is 3.45. The van der Waals surface area contributed by atoms with Crippen molar-refractivity contribution in [1.29, 1.82) is 5.41 Å². The van der Waals surface area contributed by atoms with Crippen molar-refractivity contribution in [2.75, 3.05) is 0 Å².